The van der Waals surface area contributed by atoms with E-state index >= 15 is 0 Å². The molecule has 0 N–H and O–H groups in total. The van der Waals surface area contributed by atoms with Crippen LogP contribution in [0.25, 0.3) is 5.65 Å². The van der Waals surface area contributed by atoms with Gasteiger partial charge in [0.15, 0.2) is 11.5 Å². The van der Waals surface area contributed by atoms with Crippen LogP contribution in [-0.4, -0.2) is 47.6 Å². The first-order valence-corrected chi connectivity index (χ1v) is 9.79. The summed E-state index contributed by atoms with van der Waals surface area (Å²) in [6, 6.07) is 5.71. The molecule has 4 heterocycles. The van der Waals surface area contributed by atoms with E-state index in [9.17, 15) is 4.79 Å². The van der Waals surface area contributed by atoms with E-state index < -0.39 is 0 Å². The number of aryl methyl sites for hydroxylation is 1. The Balaban J connectivity index is 1.47. The summed E-state index contributed by atoms with van der Waals surface area (Å²) in [4.78, 5) is 14.1. The van der Waals surface area contributed by atoms with Crippen molar-refractivity contribution in [2.45, 2.75) is 51.5 Å². The third-order valence-corrected chi connectivity index (χ3v) is 5.44. The zero-order valence-corrected chi connectivity index (χ0v) is 17.0. The van der Waals surface area contributed by atoms with Crippen molar-refractivity contribution in [2.75, 3.05) is 13.1 Å². The summed E-state index contributed by atoms with van der Waals surface area (Å²) in [5, 5.41) is 17.7. The van der Waals surface area contributed by atoms with Crippen LogP contribution in [0.5, 0.6) is 0 Å². The van der Waals surface area contributed by atoms with Crippen LogP contribution in [0.4, 0.5) is 0 Å². The van der Waals surface area contributed by atoms with Gasteiger partial charge >= 0.3 is 0 Å². The lowest BCUT2D eigenvalue weighted by Gasteiger charge is -2.31. The van der Waals surface area contributed by atoms with Gasteiger partial charge in [-0.1, -0.05) is 20.8 Å². The van der Waals surface area contributed by atoms with E-state index in [1.165, 1.54) is 4.68 Å². The van der Waals surface area contributed by atoms with Crippen LogP contribution in [0, 0.1) is 0 Å². The lowest BCUT2D eigenvalue weighted by Crippen LogP contribution is -2.33. The minimum absolute atomic E-state index is 0.0140. The predicted molar refractivity (Wildman–Crippen MR) is 106 cm³/mol. The number of nitrogens with zero attached hydrogens (tertiary/aromatic N) is 7. The molecule has 0 aliphatic carbocycles. The van der Waals surface area contributed by atoms with E-state index in [0.717, 1.165) is 55.2 Å². The summed E-state index contributed by atoms with van der Waals surface area (Å²) >= 11 is 0. The third kappa shape index (κ3) is 3.69. The summed E-state index contributed by atoms with van der Waals surface area (Å²) in [6.45, 7) is 9.14. The topological polar surface area (TPSA) is 81.2 Å². The second kappa shape index (κ2) is 7.09. The van der Waals surface area contributed by atoms with Crippen LogP contribution in [0.15, 0.2) is 29.2 Å². The largest absolute Gasteiger partial charge is 0.299 e. The van der Waals surface area contributed by atoms with Crippen LogP contribution in [0.3, 0.4) is 0 Å². The number of fused-ring (bicyclic) bond motifs is 1. The molecular weight excluding hydrogens is 354 g/mol. The van der Waals surface area contributed by atoms with Crippen molar-refractivity contribution in [3.8, 4) is 0 Å². The van der Waals surface area contributed by atoms with Gasteiger partial charge in [-0.15, -0.1) is 10.2 Å². The first-order chi connectivity index (χ1) is 13.3. The maximum atomic E-state index is 11.8. The molecule has 0 unspecified atom stereocenters. The molecule has 148 valence electrons. The Labute approximate surface area is 164 Å². The third-order valence-electron chi connectivity index (χ3n) is 5.44. The van der Waals surface area contributed by atoms with Crippen molar-refractivity contribution in [3.05, 3.63) is 51.8 Å². The average molecular weight is 381 g/mol. The monoisotopic (exact) mass is 381 g/mol. The van der Waals surface area contributed by atoms with Crippen molar-refractivity contribution in [1.82, 2.24) is 34.5 Å². The summed E-state index contributed by atoms with van der Waals surface area (Å²) in [5.41, 5.74) is 2.72. The maximum absolute atomic E-state index is 11.8. The summed E-state index contributed by atoms with van der Waals surface area (Å²) < 4.78 is 3.27. The molecule has 8 nitrogen and oxygen atoms in total. The molecule has 0 atom stereocenters. The van der Waals surface area contributed by atoms with Gasteiger partial charge in [-0.25, -0.2) is 4.68 Å². The van der Waals surface area contributed by atoms with Gasteiger partial charge < -0.3 is 0 Å². The van der Waals surface area contributed by atoms with Gasteiger partial charge in [-0.05, 0) is 43.6 Å². The van der Waals surface area contributed by atoms with E-state index in [-0.39, 0.29) is 11.0 Å². The maximum Gasteiger partial charge on any atom is 0.266 e. The van der Waals surface area contributed by atoms with Crippen molar-refractivity contribution in [3.63, 3.8) is 0 Å². The first kappa shape index (κ1) is 18.7. The fraction of sp³-hybridized carbons (Fsp3) is 0.550. The first-order valence-electron chi connectivity index (χ1n) is 9.79. The second-order valence-corrected chi connectivity index (χ2v) is 8.67. The summed E-state index contributed by atoms with van der Waals surface area (Å²) in [6.07, 6.45) is 3.78. The van der Waals surface area contributed by atoms with Gasteiger partial charge in [0.25, 0.3) is 5.56 Å². The number of hydrogen-bond acceptors (Lipinski definition) is 6. The second-order valence-electron chi connectivity index (χ2n) is 8.67. The zero-order valence-electron chi connectivity index (χ0n) is 17.0. The summed E-state index contributed by atoms with van der Waals surface area (Å²) in [7, 11) is 1.67. The average Bonchev–Trinajstić information content (AvgIpc) is 3.08. The Morgan fingerprint density at radius 2 is 1.89 bits per heavy atom. The molecule has 4 rings (SSSR count). The van der Waals surface area contributed by atoms with Crippen molar-refractivity contribution >= 4 is 5.65 Å². The van der Waals surface area contributed by atoms with Gasteiger partial charge in [0.05, 0.1) is 11.9 Å². The Morgan fingerprint density at radius 1 is 1.14 bits per heavy atom. The normalized spacial score (nSPS) is 16.7. The highest BCUT2D eigenvalue weighted by atomic mass is 16.1. The van der Waals surface area contributed by atoms with Crippen LogP contribution >= 0.6 is 0 Å². The molecule has 8 heteroatoms. The molecule has 1 fully saturated rings. The summed E-state index contributed by atoms with van der Waals surface area (Å²) in [5.74, 6) is 1.30. The van der Waals surface area contributed by atoms with Crippen LogP contribution in [-0.2, 0) is 19.0 Å². The van der Waals surface area contributed by atoms with Crippen molar-refractivity contribution < 1.29 is 0 Å². The fourth-order valence-corrected chi connectivity index (χ4v) is 3.66. The van der Waals surface area contributed by atoms with Crippen molar-refractivity contribution in [1.29, 1.82) is 0 Å². The molecule has 28 heavy (non-hydrogen) atoms. The van der Waals surface area contributed by atoms with Gasteiger partial charge in [-0.2, -0.15) is 14.7 Å². The molecule has 0 saturated carbocycles. The molecule has 0 radical (unpaired) electrons. The number of likely N-dealkylation sites (tertiary alicyclic amines) is 1. The van der Waals surface area contributed by atoms with E-state index in [4.69, 9.17) is 5.10 Å². The standard InChI is InChI=1S/C20H27N7O/c1-20(2,3)16-5-6-17-22-23-19(27(17)24-16)15-7-9-26(10-8-15)13-14-11-18(28)25(4)21-12-14/h5-6,11-12,15H,7-10,13H2,1-4H3. The van der Waals surface area contributed by atoms with Gasteiger partial charge in [0.1, 0.15) is 0 Å². The minimum atomic E-state index is -0.0666. The molecule has 0 aromatic carbocycles. The lowest BCUT2D eigenvalue weighted by atomic mass is 9.92. The van der Waals surface area contributed by atoms with Crippen LogP contribution in [0.1, 0.15) is 56.6 Å². The van der Waals surface area contributed by atoms with Crippen LogP contribution < -0.4 is 5.56 Å². The molecule has 3 aromatic heterocycles. The highest BCUT2D eigenvalue weighted by Crippen LogP contribution is 2.28. The van der Waals surface area contributed by atoms with Gasteiger partial charge in [-0.3, -0.25) is 9.69 Å². The van der Waals surface area contributed by atoms with E-state index in [0.29, 0.717) is 5.92 Å². The molecule has 1 aliphatic rings. The van der Waals surface area contributed by atoms with E-state index in [1.54, 1.807) is 19.3 Å². The van der Waals surface area contributed by atoms with Gasteiger partial charge in [0, 0.05) is 31.0 Å². The highest BCUT2D eigenvalue weighted by molar-refractivity contribution is 5.37. The number of piperidine rings is 1. The quantitative estimate of drug-likeness (QED) is 0.689. The zero-order chi connectivity index (χ0) is 19.9. The molecule has 0 bridgehead atoms. The molecule has 0 spiro atoms. The minimum Gasteiger partial charge on any atom is -0.299 e. The molecule has 0 amide bonds. The molecule has 3 aromatic rings. The van der Waals surface area contributed by atoms with E-state index in [2.05, 4.69) is 41.0 Å². The Bertz CT molecular complexity index is 1040. The predicted octanol–water partition coefficient (Wildman–Crippen LogP) is 1.90. The fourth-order valence-electron chi connectivity index (χ4n) is 3.66. The van der Waals surface area contributed by atoms with Gasteiger partial charge in [0.2, 0.25) is 0 Å². The molecule has 1 aliphatic heterocycles. The Kier molecular flexibility index (Phi) is 4.74. The Hall–Kier alpha value is -2.61. The molecule has 1 saturated heterocycles. The van der Waals surface area contributed by atoms with E-state index in [1.807, 2.05) is 16.6 Å². The number of hydrogen-bond donors (Lipinski definition) is 0. The smallest absolute Gasteiger partial charge is 0.266 e. The van der Waals surface area contributed by atoms with Crippen molar-refractivity contribution in [2.24, 2.45) is 7.05 Å². The lowest BCUT2D eigenvalue weighted by molar-refractivity contribution is 0.200. The SMILES string of the molecule is Cn1ncc(CN2CCC(c3nnc4ccc(C(C)(C)C)nn34)CC2)cc1=O. The van der Waals surface area contributed by atoms with Crippen LogP contribution in [0.2, 0.25) is 0 Å². The molecular formula is C20H27N7O. The Morgan fingerprint density at radius 3 is 2.57 bits per heavy atom. The highest BCUT2D eigenvalue weighted by Gasteiger charge is 2.26. The number of aromatic nitrogens is 6. The number of rotatable bonds is 3.